The third-order valence-corrected chi connectivity index (χ3v) is 3.39. The molecular formula is C8H10N4O3S. The minimum Gasteiger partial charge on any atom is -0.393 e. The van der Waals surface area contributed by atoms with E-state index in [4.69, 9.17) is 10.8 Å². The first-order chi connectivity index (χ1) is 7.61. The zero-order chi connectivity index (χ0) is 11.7. The standard InChI is InChI=1S/C8H10N4O3S/c9-4-1-2-12(8(15)10-4)7-6(14)11-5(3-13)16-7/h1-2,5,7,13H,3H2,(H,11,14)(H2,9,10,15)/t5-,7-/m1/s1. The molecule has 1 aliphatic heterocycles. The normalized spacial score (nSPS) is 24.4. The van der Waals surface area contributed by atoms with E-state index in [1.54, 1.807) is 0 Å². The molecule has 1 fully saturated rings. The van der Waals surface area contributed by atoms with Crippen molar-refractivity contribution in [1.82, 2.24) is 14.9 Å². The van der Waals surface area contributed by atoms with Crippen LogP contribution in [0.1, 0.15) is 5.37 Å². The molecule has 1 amide bonds. The molecule has 0 radical (unpaired) electrons. The van der Waals surface area contributed by atoms with Crippen molar-refractivity contribution in [2.75, 3.05) is 12.3 Å². The number of aliphatic hydroxyl groups is 1. The molecule has 0 spiro atoms. The number of hydrogen-bond donors (Lipinski definition) is 3. The van der Waals surface area contributed by atoms with E-state index < -0.39 is 11.1 Å². The van der Waals surface area contributed by atoms with Crippen molar-refractivity contribution in [3.05, 3.63) is 22.7 Å². The molecule has 0 bridgehead atoms. The minimum absolute atomic E-state index is 0.114. The summed E-state index contributed by atoms with van der Waals surface area (Å²) < 4.78 is 1.19. The van der Waals surface area contributed by atoms with Gasteiger partial charge in [-0.25, -0.2) is 4.79 Å². The van der Waals surface area contributed by atoms with Gasteiger partial charge in [-0.1, -0.05) is 11.8 Å². The van der Waals surface area contributed by atoms with Crippen molar-refractivity contribution in [1.29, 1.82) is 0 Å². The lowest BCUT2D eigenvalue weighted by atomic mass is 10.5. The largest absolute Gasteiger partial charge is 0.393 e. The fraction of sp³-hybridized carbons (Fsp3) is 0.375. The third-order valence-electron chi connectivity index (χ3n) is 2.09. The lowest BCUT2D eigenvalue weighted by molar-refractivity contribution is -0.121. The van der Waals surface area contributed by atoms with E-state index >= 15 is 0 Å². The summed E-state index contributed by atoms with van der Waals surface area (Å²) in [5, 5.41) is 10.4. The molecule has 86 valence electrons. The van der Waals surface area contributed by atoms with Crippen LogP contribution >= 0.6 is 11.8 Å². The van der Waals surface area contributed by atoms with Crippen molar-refractivity contribution < 1.29 is 9.90 Å². The summed E-state index contributed by atoms with van der Waals surface area (Å²) in [7, 11) is 0. The van der Waals surface area contributed by atoms with Crippen LogP contribution in [0.15, 0.2) is 17.1 Å². The molecule has 16 heavy (non-hydrogen) atoms. The maximum atomic E-state index is 11.5. The van der Waals surface area contributed by atoms with Gasteiger partial charge in [-0.15, -0.1) is 0 Å². The first-order valence-corrected chi connectivity index (χ1v) is 5.47. The molecule has 4 N–H and O–H groups in total. The van der Waals surface area contributed by atoms with Crippen LogP contribution in [0.2, 0.25) is 0 Å². The molecule has 0 unspecified atom stereocenters. The van der Waals surface area contributed by atoms with Gasteiger partial charge in [0.15, 0.2) is 5.37 Å². The fourth-order valence-electron chi connectivity index (χ4n) is 1.37. The Morgan fingerprint density at radius 1 is 1.62 bits per heavy atom. The summed E-state index contributed by atoms with van der Waals surface area (Å²) in [6.07, 6.45) is 1.42. The number of anilines is 1. The summed E-state index contributed by atoms with van der Waals surface area (Å²) in [6.45, 7) is -0.177. The van der Waals surface area contributed by atoms with Gasteiger partial charge < -0.3 is 16.2 Å². The van der Waals surface area contributed by atoms with Crippen LogP contribution in [0, 0.1) is 0 Å². The van der Waals surface area contributed by atoms with Crippen LogP contribution in [0.5, 0.6) is 0 Å². The van der Waals surface area contributed by atoms with Gasteiger partial charge >= 0.3 is 5.69 Å². The van der Waals surface area contributed by atoms with E-state index in [1.807, 2.05) is 0 Å². The van der Waals surface area contributed by atoms with E-state index in [-0.39, 0.29) is 23.7 Å². The predicted octanol–water partition coefficient (Wildman–Crippen LogP) is -1.49. The topological polar surface area (TPSA) is 110 Å². The van der Waals surface area contributed by atoms with Gasteiger partial charge in [0.1, 0.15) is 11.2 Å². The van der Waals surface area contributed by atoms with Crippen LogP contribution in [-0.4, -0.2) is 32.5 Å². The highest BCUT2D eigenvalue weighted by Crippen LogP contribution is 2.30. The molecule has 2 heterocycles. The molecule has 1 aliphatic rings. The molecule has 0 saturated carbocycles. The maximum absolute atomic E-state index is 11.5. The van der Waals surface area contributed by atoms with Crippen molar-refractivity contribution >= 4 is 23.5 Å². The first-order valence-electron chi connectivity index (χ1n) is 4.53. The molecule has 0 aliphatic carbocycles. The molecule has 2 atom stereocenters. The first kappa shape index (κ1) is 11.0. The Labute approximate surface area is 94.7 Å². The summed E-state index contributed by atoms with van der Waals surface area (Å²) in [5.41, 5.74) is 4.76. The fourth-order valence-corrected chi connectivity index (χ4v) is 2.43. The highest BCUT2D eigenvalue weighted by atomic mass is 32.2. The molecule has 7 nitrogen and oxygen atoms in total. The average Bonchev–Trinajstić information content (AvgIpc) is 2.60. The van der Waals surface area contributed by atoms with Gasteiger partial charge in [-0.05, 0) is 6.07 Å². The van der Waals surface area contributed by atoms with Gasteiger partial charge in [0.25, 0.3) is 5.91 Å². The Bertz CT molecular complexity index is 475. The molecule has 1 aromatic rings. The Kier molecular flexibility index (Phi) is 2.84. The Morgan fingerprint density at radius 2 is 2.38 bits per heavy atom. The second kappa shape index (κ2) is 4.14. The highest BCUT2D eigenvalue weighted by molar-refractivity contribution is 8.01. The molecule has 1 aromatic heterocycles. The van der Waals surface area contributed by atoms with E-state index in [0.29, 0.717) is 0 Å². The summed E-state index contributed by atoms with van der Waals surface area (Å²) in [6, 6.07) is 1.45. The maximum Gasteiger partial charge on any atom is 0.350 e. The molecular weight excluding hydrogens is 232 g/mol. The van der Waals surface area contributed by atoms with Crippen molar-refractivity contribution in [3.63, 3.8) is 0 Å². The monoisotopic (exact) mass is 242 g/mol. The predicted molar refractivity (Wildman–Crippen MR) is 58.6 cm³/mol. The van der Waals surface area contributed by atoms with Gasteiger partial charge in [0.2, 0.25) is 0 Å². The minimum atomic E-state index is -0.697. The number of aliphatic hydroxyl groups excluding tert-OH is 1. The zero-order valence-electron chi connectivity index (χ0n) is 8.16. The van der Waals surface area contributed by atoms with Crippen molar-refractivity contribution in [2.45, 2.75) is 10.7 Å². The second-order valence-corrected chi connectivity index (χ2v) is 4.50. The summed E-state index contributed by atoms with van der Waals surface area (Å²) >= 11 is 1.16. The van der Waals surface area contributed by atoms with Gasteiger partial charge in [-0.3, -0.25) is 9.36 Å². The van der Waals surface area contributed by atoms with Crippen LogP contribution in [0.25, 0.3) is 0 Å². The number of nitrogens with two attached hydrogens (primary N) is 1. The highest BCUT2D eigenvalue weighted by Gasteiger charge is 2.34. The zero-order valence-corrected chi connectivity index (χ0v) is 8.98. The second-order valence-electron chi connectivity index (χ2n) is 3.21. The van der Waals surface area contributed by atoms with E-state index in [0.717, 1.165) is 11.8 Å². The third kappa shape index (κ3) is 1.89. The van der Waals surface area contributed by atoms with Gasteiger partial charge in [0.05, 0.1) is 6.61 Å². The summed E-state index contributed by atoms with van der Waals surface area (Å²) in [4.78, 5) is 26.5. The number of aromatic nitrogens is 2. The SMILES string of the molecule is Nc1ccn([C@@H]2S[C@H](CO)NC2=O)c(=O)n1. The molecule has 0 aromatic carbocycles. The van der Waals surface area contributed by atoms with Gasteiger partial charge in [-0.2, -0.15) is 4.98 Å². The van der Waals surface area contributed by atoms with Crippen LogP contribution in [-0.2, 0) is 4.79 Å². The molecule has 8 heteroatoms. The van der Waals surface area contributed by atoms with E-state index in [2.05, 4.69) is 10.3 Å². The number of nitrogens with one attached hydrogen (secondary N) is 1. The number of hydrogen-bond acceptors (Lipinski definition) is 6. The smallest absolute Gasteiger partial charge is 0.350 e. The van der Waals surface area contributed by atoms with Crippen LogP contribution in [0.3, 0.4) is 0 Å². The lowest BCUT2D eigenvalue weighted by Gasteiger charge is -2.09. The summed E-state index contributed by atoms with van der Waals surface area (Å²) in [5.74, 6) is -0.207. The number of amides is 1. The van der Waals surface area contributed by atoms with Crippen molar-refractivity contribution in [3.8, 4) is 0 Å². The Balaban J connectivity index is 2.31. The van der Waals surface area contributed by atoms with Gasteiger partial charge in [0, 0.05) is 6.20 Å². The lowest BCUT2D eigenvalue weighted by Crippen LogP contribution is -2.32. The Morgan fingerprint density at radius 3 is 2.94 bits per heavy atom. The van der Waals surface area contributed by atoms with E-state index in [1.165, 1.54) is 16.8 Å². The molecule has 2 rings (SSSR count). The van der Waals surface area contributed by atoms with Crippen LogP contribution in [0.4, 0.5) is 5.82 Å². The number of nitrogens with zero attached hydrogens (tertiary/aromatic N) is 2. The number of rotatable bonds is 2. The number of nitrogen functional groups attached to an aromatic ring is 1. The number of carbonyl (C=O) groups is 1. The molecule has 1 saturated heterocycles. The quantitative estimate of drug-likeness (QED) is 0.582. The van der Waals surface area contributed by atoms with Crippen LogP contribution < -0.4 is 16.7 Å². The van der Waals surface area contributed by atoms with E-state index in [9.17, 15) is 9.59 Å². The number of carbonyl (C=O) groups excluding carboxylic acids is 1. The Hall–Kier alpha value is -1.54. The number of thioether (sulfide) groups is 1. The van der Waals surface area contributed by atoms with Crippen molar-refractivity contribution in [2.24, 2.45) is 0 Å². The average molecular weight is 242 g/mol.